The molecule has 0 radical (unpaired) electrons. The molecule has 0 amide bonds. The van der Waals surface area contributed by atoms with Crippen LogP contribution in [0.1, 0.15) is 12.5 Å². The molecule has 0 aromatic heterocycles. The van der Waals surface area contributed by atoms with E-state index in [-0.39, 0.29) is 10.0 Å². The van der Waals surface area contributed by atoms with Gasteiger partial charge in [0.05, 0.1) is 4.47 Å². The molecule has 0 fully saturated rings. The van der Waals surface area contributed by atoms with E-state index in [1.165, 1.54) is 0 Å². The molecular weight excluding hydrogens is 233 g/mol. The van der Waals surface area contributed by atoms with Crippen LogP contribution in [-0.2, 0) is 5.92 Å². The standard InChI is InChI=1S/C8H6BrF3/c1-8(11,12)5-2-3-7(10)6(9)4-5/h2-4H,1H3. The van der Waals surface area contributed by atoms with Gasteiger partial charge in [-0.2, -0.15) is 0 Å². The third kappa shape index (κ3) is 2.00. The zero-order chi connectivity index (χ0) is 9.35. The minimum Gasteiger partial charge on any atom is -0.206 e. The van der Waals surface area contributed by atoms with Crippen LogP contribution >= 0.6 is 15.9 Å². The molecular formula is C8H6BrF3. The first kappa shape index (κ1) is 9.58. The van der Waals surface area contributed by atoms with Crippen LogP contribution in [-0.4, -0.2) is 0 Å². The molecule has 66 valence electrons. The molecule has 0 saturated carbocycles. The van der Waals surface area contributed by atoms with Crippen LogP contribution in [0.2, 0.25) is 0 Å². The van der Waals surface area contributed by atoms with Gasteiger partial charge in [-0.05, 0) is 28.1 Å². The SMILES string of the molecule is CC(F)(F)c1ccc(F)c(Br)c1. The summed E-state index contributed by atoms with van der Waals surface area (Å²) in [5, 5.41) is 0. The Morgan fingerprint density at radius 1 is 1.33 bits per heavy atom. The van der Waals surface area contributed by atoms with E-state index in [0.717, 1.165) is 25.1 Å². The Labute approximate surface area is 76.5 Å². The minimum atomic E-state index is -2.92. The maximum absolute atomic E-state index is 12.6. The molecule has 0 N–H and O–H groups in total. The van der Waals surface area contributed by atoms with E-state index in [4.69, 9.17) is 0 Å². The molecule has 0 heterocycles. The third-order valence-electron chi connectivity index (χ3n) is 1.43. The van der Waals surface area contributed by atoms with Crippen LogP contribution in [0.25, 0.3) is 0 Å². The number of halogens is 4. The van der Waals surface area contributed by atoms with Gasteiger partial charge in [0, 0.05) is 12.5 Å². The highest BCUT2D eigenvalue weighted by Crippen LogP contribution is 2.29. The molecule has 0 nitrogen and oxygen atoms in total. The fraction of sp³-hybridized carbons (Fsp3) is 0.250. The largest absolute Gasteiger partial charge is 0.270 e. The number of alkyl halides is 2. The van der Waals surface area contributed by atoms with E-state index in [0.29, 0.717) is 0 Å². The Morgan fingerprint density at radius 2 is 1.92 bits per heavy atom. The second-order valence-electron chi connectivity index (χ2n) is 2.52. The highest BCUT2D eigenvalue weighted by atomic mass is 79.9. The van der Waals surface area contributed by atoms with Crippen LogP contribution in [0.3, 0.4) is 0 Å². The summed E-state index contributed by atoms with van der Waals surface area (Å²) < 4.78 is 37.9. The van der Waals surface area contributed by atoms with E-state index >= 15 is 0 Å². The van der Waals surface area contributed by atoms with Gasteiger partial charge in [0.1, 0.15) is 5.82 Å². The maximum Gasteiger partial charge on any atom is 0.270 e. The molecule has 4 heteroatoms. The van der Waals surface area contributed by atoms with E-state index in [2.05, 4.69) is 15.9 Å². The predicted octanol–water partition coefficient (Wildman–Crippen LogP) is 3.70. The molecule has 1 rings (SSSR count). The Morgan fingerprint density at radius 3 is 2.33 bits per heavy atom. The maximum atomic E-state index is 12.6. The lowest BCUT2D eigenvalue weighted by molar-refractivity contribution is 0.0173. The molecule has 0 aliphatic carbocycles. The minimum absolute atomic E-state index is 0.0570. The molecule has 1 aromatic carbocycles. The zero-order valence-corrected chi connectivity index (χ0v) is 7.83. The van der Waals surface area contributed by atoms with Crippen molar-refractivity contribution in [3.63, 3.8) is 0 Å². The summed E-state index contributed by atoms with van der Waals surface area (Å²) in [4.78, 5) is 0. The van der Waals surface area contributed by atoms with Gasteiger partial charge in [0.2, 0.25) is 0 Å². The van der Waals surface area contributed by atoms with Crippen molar-refractivity contribution in [3.05, 3.63) is 34.1 Å². The first-order chi connectivity index (χ1) is 5.41. The van der Waals surface area contributed by atoms with Crippen molar-refractivity contribution >= 4 is 15.9 Å². The Hall–Kier alpha value is -0.510. The number of hydrogen-bond acceptors (Lipinski definition) is 0. The Kier molecular flexibility index (Phi) is 2.46. The van der Waals surface area contributed by atoms with Gasteiger partial charge in [0.25, 0.3) is 5.92 Å². The zero-order valence-electron chi connectivity index (χ0n) is 6.24. The molecule has 0 spiro atoms. The van der Waals surface area contributed by atoms with Gasteiger partial charge in [-0.1, -0.05) is 6.07 Å². The molecule has 0 bridgehead atoms. The van der Waals surface area contributed by atoms with Crippen molar-refractivity contribution in [2.24, 2.45) is 0 Å². The van der Waals surface area contributed by atoms with Gasteiger partial charge in [-0.25, -0.2) is 13.2 Å². The Bertz CT molecular complexity index is 291. The van der Waals surface area contributed by atoms with Gasteiger partial charge in [0.15, 0.2) is 0 Å². The normalized spacial score (nSPS) is 11.8. The summed E-state index contributed by atoms with van der Waals surface area (Å²) in [6.07, 6.45) is 0. The van der Waals surface area contributed by atoms with Gasteiger partial charge < -0.3 is 0 Å². The summed E-state index contributed by atoms with van der Waals surface area (Å²) in [7, 11) is 0. The average molecular weight is 239 g/mol. The summed E-state index contributed by atoms with van der Waals surface area (Å²) >= 11 is 2.83. The summed E-state index contributed by atoms with van der Waals surface area (Å²) in [6, 6.07) is 3.16. The van der Waals surface area contributed by atoms with E-state index in [1.807, 2.05) is 0 Å². The van der Waals surface area contributed by atoms with E-state index in [1.54, 1.807) is 0 Å². The smallest absolute Gasteiger partial charge is 0.206 e. The third-order valence-corrected chi connectivity index (χ3v) is 2.03. The van der Waals surface area contributed by atoms with Gasteiger partial charge in [-0.15, -0.1) is 0 Å². The predicted molar refractivity (Wildman–Crippen MR) is 43.7 cm³/mol. The van der Waals surface area contributed by atoms with Crippen LogP contribution in [0.5, 0.6) is 0 Å². The van der Waals surface area contributed by atoms with E-state index in [9.17, 15) is 13.2 Å². The molecule has 0 aliphatic rings. The van der Waals surface area contributed by atoms with Crippen LogP contribution in [0.4, 0.5) is 13.2 Å². The van der Waals surface area contributed by atoms with Crippen molar-refractivity contribution < 1.29 is 13.2 Å². The quantitative estimate of drug-likeness (QED) is 0.700. The molecule has 0 saturated heterocycles. The highest BCUT2D eigenvalue weighted by Gasteiger charge is 2.24. The van der Waals surface area contributed by atoms with Crippen LogP contribution < -0.4 is 0 Å². The Balaban J connectivity index is 3.14. The molecule has 0 atom stereocenters. The van der Waals surface area contributed by atoms with E-state index < -0.39 is 11.7 Å². The van der Waals surface area contributed by atoms with Crippen LogP contribution in [0.15, 0.2) is 22.7 Å². The second-order valence-corrected chi connectivity index (χ2v) is 3.37. The highest BCUT2D eigenvalue weighted by molar-refractivity contribution is 9.10. The second kappa shape index (κ2) is 3.09. The molecule has 12 heavy (non-hydrogen) atoms. The van der Waals surface area contributed by atoms with Crippen molar-refractivity contribution in [2.45, 2.75) is 12.8 Å². The number of rotatable bonds is 1. The van der Waals surface area contributed by atoms with Crippen LogP contribution in [0, 0.1) is 5.82 Å². The topological polar surface area (TPSA) is 0 Å². The lowest BCUT2D eigenvalue weighted by atomic mass is 10.1. The monoisotopic (exact) mass is 238 g/mol. The number of hydrogen-bond donors (Lipinski definition) is 0. The first-order valence-corrected chi connectivity index (χ1v) is 4.04. The molecule has 0 aliphatic heterocycles. The molecule has 1 aromatic rings. The van der Waals surface area contributed by atoms with Crippen molar-refractivity contribution in [3.8, 4) is 0 Å². The lowest BCUT2D eigenvalue weighted by Crippen LogP contribution is -2.06. The summed E-state index contributed by atoms with van der Waals surface area (Å²) in [5.74, 6) is -3.46. The number of benzene rings is 1. The summed E-state index contributed by atoms with van der Waals surface area (Å²) in [5.41, 5.74) is -0.198. The van der Waals surface area contributed by atoms with Crippen molar-refractivity contribution in [1.29, 1.82) is 0 Å². The average Bonchev–Trinajstić information content (AvgIpc) is 1.92. The lowest BCUT2D eigenvalue weighted by Gasteiger charge is -2.10. The van der Waals surface area contributed by atoms with Crippen molar-refractivity contribution in [2.75, 3.05) is 0 Å². The van der Waals surface area contributed by atoms with Gasteiger partial charge in [-0.3, -0.25) is 0 Å². The van der Waals surface area contributed by atoms with Gasteiger partial charge >= 0.3 is 0 Å². The first-order valence-electron chi connectivity index (χ1n) is 3.24. The summed E-state index contributed by atoms with van der Waals surface area (Å²) in [6.45, 7) is 0.771. The fourth-order valence-electron chi connectivity index (χ4n) is 0.769. The fourth-order valence-corrected chi connectivity index (χ4v) is 1.15. The molecule has 0 unspecified atom stereocenters. The van der Waals surface area contributed by atoms with Crippen molar-refractivity contribution in [1.82, 2.24) is 0 Å².